The van der Waals surface area contributed by atoms with E-state index in [1.54, 1.807) is 10.4 Å². The SMILES string of the molecule is O=C(C[NH+]1CCc2sccc2[C@H]1C1CC1)N1CCN(c2ccccc2)CC1. The normalized spacial score (nSPS) is 25.3. The van der Waals surface area contributed by atoms with E-state index in [0.29, 0.717) is 18.5 Å². The smallest absolute Gasteiger partial charge is 0.277 e. The molecule has 5 rings (SSSR count). The highest BCUT2D eigenvalue weighted by molar-refractivity contribution is 7.10. The summed E-state index contributed by atoms with van der Waals surface area (Å²) in [4.78, 5) is 20.6. The predicted molar refractivity (Wildman–Crippen MR) is 109 cm³/mol. The van der Waals surface area contributed by atoms with Crippen molar-refractivity contribution < 1.29 is 9.69 Å². The van der Waals surface area contributed by atoms with Crippen molar-refractivity contribution in [2.45, 2.75) is 25.3 Å². The molecule has 3 heterocycles. The molecule has 5 heteroatoms. The van der Waals surface area contributed by atoms with Gasteiger partial charge in [-0.1, -0.05) is 18.2 Å². The number of benzene rings is 1. The minimum absolute atomic E-state index is 0.349. The lowest BCUT2D eigenvalue weighted by atomic mass is 9.96. The summed E-state index contributed by atoms with van der Waals surface area (Å²) in [5, 5.41) is 2.24. The maximum atomic E-state index is 13.0. The number of amides is 1. The third-order valence-electron chi connectivity index (χ3n) is 6.45. The molecule has 4 nitrogen and oxygen atoms in total. The maximum absolute atomic E-state index is 13.0. The standard InChI is InChI=1S/C22H27N3OS/c26-21(24-13-11-23(12-14-24)18-4-2-1-3-5-18)16-25-10-8-20-19(9-15-27-20)22(25)17-6-7-17/h1-5,9,15,17,22H,6-8,10-14,16H2/p+1/t22-/m1/s1. The molecule has 1 saturated heterocycles. The summed E-state index contributed by atoms with van der Waals surface area (Å²) in [5.74, 6) is 1.15. The average molecular weight is 383 g/mol. The molecule has 0 bridgehead atoms. The lowest BCUT2D eigenvalue weighted by molar-refractivity contribution is -0.929. The Kier molecular flexibility index (Phi) is 4.66. The molecule has 2 aliphatic heterocycles. The molecule has 0 radical (unpaired) electrons. The Labute approximate surface area is 165 Å². The number of carbonyl (C=O) groups is 1. The molecule has 0 spiro atoms. The van der Waals surface area contributed by atoms with Crippen LogP contribution < -0.4 is 9.80 Å². The summed E-state index contributed by atoms with van der Waals surface area (Å²) in [6.07, 6.45) is 3.82. The van der Waals surface area contributed by atoms with Gasteiger partial charge in [0.05, 0.1) is 6.54 Å². The molecular weight excluding hydrogens is 354 g/mol. The summed E-state index contributed by atoms with van der Waals surface area (Å²) in [6.45, 7) is 5.35. The van der Waals surface area contributed by atoms with Crippen molar-refractivity contribution in [2.24, 2.45) is 5.92 Å². The van der Waals surface area contributed by atoms with E-state index in [1.165, 1.54) is 23.4 Å². The second-order valence-electron chi connectivity index (χ2n) is 8.15. The Balaban J connectivity index is 1.21. The van der Waals surface area contributed by atoms with E-state index < -0.39 is 0 Å². The molecule has 2 atom stereocenters. The van der Waals surface area contributed by atoms with Crippen LogP contribution in [0.25, 0.3) is 0 Å². The van der Waals surface area contributed by atoms with Crippen LogP contribution in [0.1, 0.15) is 29.3 Å². The number of anilines is 1. The minimum atomic E-state index is 0.349. The molecule has 1 amide bonds. The molecule has 2 fully saturated rings. The Morgan fingerprint density at radius 1 is 1.07 bits per heavy atom. The van der Waals surface area contributed by atoms with E-state index in [2.05, 4.69) is 51.6 Å². The lowest BCUT2D eigenvalue weighted by Crippen LogP contribution is -3.14. The van der Waals surface area contributed by atoms with Crippen LogP contribution in [0.3, 0.4) is 0 Å². The van der Waals surface area contributed by atoms with Crippen LogP contribution in [0.15, 0.2) is 41.8 Å². The van der Waals surface area contributed by atoms with Gasteiger partial charge in [0.25, 0.3) is 5.91 Å². The Bertz CT molecular complexity index is 793. The number of nitrogens with one attached hydrogen (secondary N) is 1. The van der Waals surface area contributed by atoms with Gasteiger partial charge in [0.15, 0.2) is 6.54 Å². The molecule has 2 aromatic rings. The van der Waals surface area contributed by atoms with E-state index in [9.17, 15) is 4.79 Å². The predicted octanol–water partition coefficient (Wildman–Crippen LogP) is 1.99. The number of nitrogens with zero attached hydrogens (tertiary/aromatic N) is 2. The number of quaternary nitrogens is 1. The van der Waals surface area contributed by atoms with Gasteiger partial charge in [-0.3, -0.25) is 4.79 Å². The topological polar surface area (TPSA) is 28.0 Å². The fourth-order valence-electron chi connectivity index (χ4n) is 4.85. The monoisotopic (exact) mass is 382 g/mol. The van der Waals surface area contributed by atoms with Crippen LogP contribution >= 0.6 is 11.3 Å². The lowest BCUT2D eigenvalue weighted by Gasteiger charge is -2.38. The second-order valence-corrected chi connectivity index (χ2v) is 9.15. The highest BCUT2D eigenvalue weighted by atomic mass is 32.1. The van der Waals surface area contributed by atoms with Crippen molar-refractivity contribution in [2.75, 3.05) is 44.2 Å². The van der Waals surface area contributed by atoms with Gasteiger partial charge in [0.1, 0.15) is 6.04 Å². The Morgan fingerprint density at radius 3 is 2.59 bits per heavy atom. The summed E-state index contributed by atoms with van der Waals surface area (Å²) < 4.78 is 0. The first-order valence-electron chi connectivity index (χ1n) is 10.3. The first kappa shape index (κ1) is 17.3. The van der Waals surface area contributed by atoms with Gasteiger partial charge in [-0.2, -0.15) is 0 Å². The fraction of sp³-hybridized carbons (Fsp3) is 0.500. The molecule has 1 N–H and O–H groups in total. The zero-order valence-corrected chi connectivity index (χ0v) is 16.6. The number of para-hydroxylation sites is 1. The fourth-order valence-corrected chi connectivity index (χ4v) is 5.78. The van der Waals surface area contributed by atoms with Crippen LogP contribution in [0.5, 0.6) is 0 Å². The van der Waals surface area contributed by atoms with Crippen molar-refractivity contribution in [3.8, 4) is 0 Å². The number of hydrogen-bond donors (Lipinski definition) is 1. The van der Waals surface area contributed by atoms with Crippen LogP contribution in [0.4, 0.5) is 5.69 Å². The second kappa shape index (κ2) is 7.28. The van der Waals surface area contributed by atoms with Gasteiger partial charge >= 0.3 is 0 Å². The highest BCUT2D eigenvalue weighted by Crippen LogP contribution is 2.42. The number of piperazine rings is 1. The zero-order chi connectivity index (χ0) is 18.2. The van der Waals surface area contributed by atoms with Crippen molar-refractivity contribution in [1.29, 1.82) is 0 Å². The van der Waals surface area contributed by atoms with Crippen LogP contribution in [0, 0.1) is 5.92 Å². The summed E-state index contributed by atoms with van der Waals surface area (Å²) in [6, 6.07) is 13.4. The number of fused-ring (bicyclic) bond motifs is 1. The third kappa shape index (κ3) is 3.50. The van der Waals surface area contributed by atoms with Crippen molar-refractivity contribution in [3.05, 3.63) is 52.2 Å². The number of rotatable bonds is 4. The zero-order valence-electron chi connectivity index (χ0n) is 15.8. The summed E-state index contributed by atoms with van der Waals surface area (Å²) in [7, 11) is 0. The largest absolute Gasteiger partial charge is 0.368 e. The third-order valence-corrected chi connectivity index (χ3v) is 7.45. The Morgan fingerprint density at radius 2 is 1.85 bits per heavy atom. The molecule has 1 aromatic carbocycles. The molecule has 3 aliphatic rings. The van der Waals surface area contributed by atoms with E-state index >= 15 is 0 Å². The van der Waals surface area contributed by atoms with Gasteiger partial charge in [-0.25, -0.2) is 0 Å². The number of carbonyl (C=O) groups excluding carboxylic acids is 1. The van der Waals surface area contributed by atoms with E-state index in [-0.39, 0.29) is 0 Å². The first-order chi connectivity index (χ1) is 13.3. The molecule has 1 saturated carbocycles. The first-order valence-corrected chi connectivity index (χ1v) is 11.2. The molecule has 1 aliphatic carbocycles. The van der Waals surface area contributed by atoms with E-state index in [1.807, 2.05) is 11.3 Å². The molecule has 1 aromatic heterocycles. The van der Waals surface area contributed by atoms with Crippen molar-refractivity contribution in [3.63, 3.8) is 0 Å². The maximum Gasteiger partial charge on any atom is 0.277 e. The molecular formula is C22H28N3OS+. The summed E-state index contributed by atoms with van der Waals surface area (Å²) >= 11 is 1.91. The molecule has 142 valence electrons. The Hall–Kier alpha value is -1.85. The van der Waals surface area contributed by atoms with E-state index in [0.717, 1.165) is 45.1 Å². The minimum Gasteiger partial charge on any atom is -0.368 e. The van der Waals surface area contributed by atoms with Crippen molar-refractivity contribution in [1.82, 2.24) is 4.90 Å². The number of thiophene rings is 1. The van der Waals surface area contributed by atoms with Gasteiger partial charge in [0.2, 0.25) is 0 Å². The number of hydrogen-bond acceptors (Lipinski definition) is 3. The van der Waals surface area contributed by atoms with Crippen LogP contribution in [0.2, 0.25) is 0 Å². The summed E-state index contributed by atoms with van der Waals surface area (Å²) in [5.41, 5.74) is 2.82. The van der Waals surface area contributed by atoms with Gasteiger partial charge < -0.3 is 14.7 Å². The highest BCUT2D eigenvalue weighted by Gasteiger charge is 2.44. The van der Waals surface area contributed by atoms with Crippen LogP contribution in [-0.2, 0) is 11.2 Å². The van der Waals surface area contributed by atoms with Gasteiger partial charge in [-0.05, 0) is 36.4 Å². The van der Waals surface area contributed by atoms with Crippen LogP contribution in [-0.4, -0.2) is 50.1 Å². The quantitative estimate of drug-likeness (QED) is 0.876. The molecule has 1 unspecified atom stereocenters. The molecule has 27 heavy (non-hydrogen) atoms. The van der Waals surface area contributed by atoms with Gasteiger partial charge in [-0.15, -0.1) is 11.3 Å². The van der Waals surface area contributed by atoms with Crippen molar-refractivity contribution >= 4 is 22.9 Å². The average Bonchev–Trinajstić information content (AvgIpc) is 3.44. The van der Waals surface area contributed by atoms with E-state index in [4.69, 9.17) is 0 Å². The van der Waals surface area contributed by atoms with Gasteiger partial charge in [0, 0.05) is 54.6 Å².